The van der Waals surface area contributed by atoms with Gasteiger partial charge < -0.3 is 13.9 Å². The van der Waals surface area contributed by atoms with E-state index in [2.05, 4.69) is 28.1 Å². The number of benzene rings is 2. The number of anilines is 1. The molecule has 1 saturated heterocycles. The van der Waals surface area contributed by atoms with Crippen molar-refractivity contribution >= 4 is 22.5 Å². The number of carbonyl (C=O) groups excluding carboxylic acids is 1. The molecular formula is C27H29N5O2. The second kappa shape index (κ2) is 8.72. The van der Waals surface area contributed by atoms with Crippen LogP contribution >= 0.6 is 0 Å². The number of aromatic nitrogens is 3. The van der Waals surface area contributed by atoms with Gasteiger partial charge in [0.2, 0.25) is 17.7 Å². The molecule has 4 heterocycles. The van der Waals surface area contributed by atoms with E-state index in [4.69, 9.17) is 4.42 Å². The van der Waals surface area contributed by atoms with Crippen molar-refractivity contribution < 1.29 is 9.21 Å². The highest BCUT2D eigenvalue weighted by Gasteiger charge is 2.25. The molecular weight excluding hydrogens is 426 g/mol. The van der Waals surface area contributed by atoms with E-state index in [9.17, 15) is 4.79 Å². The standard InChI is InChI=1S/C27H29N5O2/c1-19-10-13-30(14-11-19)17-25-28-29-27(34-25)22-16-31(24-9-5-3-7-21(22)24)18-26(33)32-15-12-20-6-2-4-8-23(20)32/h2-9,16,19H,10-15,17-18H2,1H3. The third kappa shape index (κ3) is 3.90. The number of amides is 1. The molecule has 0 unspecified atom stereocenters. The molecule has 1 fully saturated rings. The first kappa shape index (κ1) is 21.1. The molecule has 2 aliphatic heterocycles. The Morgan fingerprint density at radius 2 is 1.82 bits per heavy atom. The number of para-hydroxylation sites is 2. The Morgan fingerprint density at radius 1 is 1.03 bits per heavy atom. The molecule has 2 aromatic heterocycles. The first-order valence-electron chi connectivity index (χ1n) is 12.2. The molecule has 7 heteroatoms. The Morgan fingerprint density at radius 3 is 2.71 bits per heavy atom. The number of hydrogen-bond acceptors (Lipinski definition) is 5. The van der Waals surface area contributed by atoms with Crippen LogP contribution in [-0.2, 0) is 24.3 Å². The van der Waals surface area contributed by atoms with Crippen LogP contribution in [0.2, 0.25) is 0 Å². The van der Waals surface area contributed by atoms with Gasteiger partial charge in [-0.25, -0.2) is 0 Å². The molecule has 0 bridgehead atoms. The summed E-state index contributed by atoms with van der Waals surface area (Å²) >= 11 is 0. The van der Waals surface area contributed by atoms with Crippen LogP contribution in [-0.4, -0.2) is 45.2 Å². The zero-order valence-electron chi connectivity index (χ0n) is 19.5. The van der Waals surface area contributed by atoms with Crippen molar-refractivity contribution in [2.24, 2.45) is 5.92 Å². The van der Waals surface area contributed by atoms with Gasteiger partial charge in [0.25, 0.3) is 0 Å². The van der Waals surface area contributed by atoms with E-state index in [1.165, 1.54) is 18.4 Å². The first-order chi connectivity index (χ1) is 16.7. The third-order valence-corrected chi connectivity index (χ3v) is 7.21. The number of likely N-dealkylation sites (tertiary alicyclic amines) is 1. The van der Waals surface area contributed by atoms with Gasteiger partial charge in [-0.05, 0) is 56.0 Å². The number of fused-ring (bicyclic) bond motifs is 2. The zero-order valence-corrected chi connectivity index (χ0v) is 19.5. The van der Waals surface area contributed by atoms with Gasteiger partial charge >= 0.3 is 0 Å². The topological polar surface area (TPSA) is 67.4 Å². The summed E-state index contributed by atoms with van der Waals surface area (Å²) in [5.74, 6) is 2.03. The van der Waals surface area contributed by atoms with E-state index < -0.39 is 0 Å². The van der Waals surface area contributed by atoms with Crippen molar-refractivity contribution in [2.75, 3.05) is 24.5 Å². The maximum Gasteiger partial charge on any atom is 0.249 e. The molecule has 0 saturated carbocycles. The van der Waals surface area contributed by atoms with Gasteiger partial charge in [-0.2, -0.15) is 0 Å². The van der Waals surface area contributed by atoms with E-state index in [-0.39, 0.29) is 12.5 Å². The maximum atomic E-state index is 13.3. The Hall–Kier alpha value is -3.45. The minimum Gasteiger partial charge on any atom is -0.419 e. The molecule has 6 rings (SSSR count). The summed E-state index contributed by atoms with van der Waals surface area (Å²) < 4.78 is 8.10. The van der Waals surface area contributed by atoms with Crippen molar-refractivity contribution in [3.8, 4) is 11.5 Å². The predicted molar refractivity (Wildman–Crippen MR) is 131 cm³/mol. The lowest BCUT2D eigenvalue weighted by Gasteiger charge is -2.28. The molecule has 0 atom stereocenters. The molecule has 1 amide bonds. The monoisotopic (exact) mass is 455 g/mol. The summed E-state index contributed by atoms with van der Waals surface area (Å²) in [6.07, 6.45) is 5.30. The zero-order chi connectivity index (χ0) is 23.1. The van der Waals surface area contributed by atoms with E-state index in [1.807, 2.05) is 58.1 Å². The molecule has 7 nitrogen and oxygen atoms in total. The number of carbonyl (C=O) groups is 1. The summed E-state index contributed by atoms with van der Waals surface area (Å²) in [6, 6.07) is 16.2. The van der Waals surface area contributed by atoms with Crippen molar-refractivity contribution in [2.45, 2.75) is 39.3 Å². The lowest BCUT2D eigenvalue weighted by atomic mass is 9.99. The number of piperidine rings is 1. The Bertz CT molecular complexity index is 1330. The van der Waals surface area contributed by atoms with Gasteiger partial charge in [0.1, 0.15) is 6.54 Å². The molecule has 0 aliphatic carbocycles. The third-order valence-electron chi connectivity index (χ3n) is 7.21. The fourth-order valence-corrected chi connectivity index (χ4v) is 5.21. The van der Waals surface area contributed by atoms with Gasteiger partial charge in [-0.1, -0.05) is 43.3 Å². The van der Waals surface area contributed by atoms with Gasteiger partial charge in [-0.15, -0.1) is 10.2 Å². The van der Waals surface area contributed by atoms with Crippen LogP contribution in [0.15, 0.2) is 59.1 Å². The molecule has 34 heavy (non-hydrogen) atoms. The van der Waals surface area contributed by atoms with Crippen LogP contribution in [0.1, 0.15) is 31.2 Å². The summed E-state index contributed by atoms with van der Waals surface area (Å²) in [7, 11) is 0. The van der Waals surface area contributed by atoms with Crippen LogP contribution in [0.25, 0.3) is 22.4 Å². The van der Waals surface area contributed by atoms with Crippen LogP contribution < -0.4 is 4.90 Å². The quantitative estimate of drug-likeness (QED) is 0.443. The average Bonchev–Trinajstić information content (AvgIpc) is 3.58. The smallest absolute Gasteiger partial charge is 0.249 e. The highest BCUT2D eigenvalue weighted by molar-refractivity contribution is 5.98. The second-order valence-corrected chi connectivity index (χ2v) is 9.57. The lowest BCUT2D eigenvalue weighted by Crippen LogP contribution is -2.32. The summed E-state index contributed by atoms with van der Waals surface area (Å²) in [5, 5.41) is 9.71. The normalized spacial score (nSPS) is 16.9. The Labute approximate surface area is 199 Å². The molecule has 0 N–H and O–H groups in total. The highest BCUT2D eigenvalue weighted by Crippen LogP contribution is 2.32. The SMILES string of the molecule is CC1CCN(Cc2nnc(-c3cn(CC(=O)N4CCc5ccccc54)c4ccccc34)o2)CC1. The minimum absolute atomic E-state index is 0.0859. The first-order valence-corrected chi connectivity index (χ1v) is 12.2. The summed E-state index contributed by atoms with van der Waals surface area (Å²) in [6.45, 7) is 6.13. The van der Waals surface area contributed by atoms with Crippen LogP contribution in [0.3, 0.4) is 0 Å². The van der Waals surface area contributed by atoms with Crippen LogP contribution in [0.5, 0.6) is 0 Å². The van der Waals surface area contributed by atoms with Crippen molar-refractivity contribution in [3.63, 3.8) is 0 Å². The van der Waals surface area contributed by atoms with Crippen molar-refractivity contribution in [1.29, 1.82) is 0 Å². The fraction of sp³-hybridized carbons (Fsp3) is 0.370. The average molecular weight is 456 g/mol. The van der Waals surface area contributed by atoms with Gasteiger partial charge in [0.15, 0.2) is 0 Å². The molecule has 0 radical (unpaired) electrons. The molecule has 174 valence electrons. The van der Waals surface area contributed by atoms with E-state index in [0.29, 0.717) is 18.3 Å². The largest absolute Gasteiger partial charge is 0.419 e. The minimum atomic E-state index is 0.0859. The van der Waals surface area contributed by atoms with Gasteiger partial charge in [0.05, 0.1) is 12.1 Å². The number of hydrogen-bond donors (Lipinski definition) is 0. The van der Waals surface area contributed by atoms with Crippen LogP contribution in [0, 0.1) is 5.92 Å². The fourth-order valence-electron chi connectivity index (χ4n) is 5.21. The molecule has 2 aromatic carbocycles. The predicted octanol–water partition coefficient (Wildman–Crippen LogP) is 4.51. The van der Waals surface area contributed by atoms with Gasteiger partial charge in [0, 0.05) is 29.3 Å². The highest BCUT2D eigenvalue weighted by atomic mass is 16.4. The van der Waals surface area contributed by atoms with Crippen molar-refractivity contribution in [3.05, 3.63) is 66.2 Å². The maximum absolute atomic E-state index is 13.3. The number of nitrogens with zero attached hydrogens (tertiary/aromatic N) is 5. The Kier molecular flexibility index (Phi) is 5.41. The van der Waals surface area contributed by atoms with E-state index in [1.54, 1.807) is 0 Å². The van der Waals surface area contributed by atoms with Crippen LogP contribution in [0.4, 0.5) is 5.69 Å². The Balaban J connectivity index is 1.25. The van der Waals surface area contributed by atoms with E-state index in [0.717, 1.165) is 54.1 Å². The van der Waals surface area contributed by atoms with E-state index >= 15 is 0 Å². The molecule has 0 spiro atoms. The summed E-state index contributed by atoms with van der Waals surface area (Å²) in [5.41, 5.74) is 4.12. The number of rotatable bonds is 5. The summed E-state index contributed by atoms with van der Waals surface area (Å²) in [4.78, 5) is 17.5. The van der Waals surface area contributed by atoms with Crippen molar-refractivity contribution in [1.82, 2.24) is 19.7 Å². The van der Waals surface area contributed by atoms with Gasteiger partial charge in [-0.3, -0.25) is 9.69 Å². The molecule has 4 aromatic rings. The molecule has 2 aliphatic rings. The lowest BCUT2D eigenvalue weighted by molar-refractivity contribution is -0.119. The second-order valence-electron chi connectivity index (χ2n) is 9.57.